The fourth-order valence-electron chi connectivity index (χ4n) is 3.31. The van der Waals surface area contributed by atoms with Crippen LogP contribution in [0.15, 0.2) is 11.9 Å². The lowest BCUT2D eigenvalue weighted by molar-refractivity contribution is 0.460. The minimum atomic E-state index is -0.480. The minimum absolute atomic E-state index is 0.211. The molecule has 0 unspecified atom stereocenters. The van der Waals surface area contributed by atoms with Gasteiger partial charge in [-0.15, -0.1) is 0 Å². The predicted octanol–water partition coefficient (Wildman–Crippen LogP) is 3.74. The van der Waals surface area contributed by atoms with E-state index in [9.17, 15) is 4.39 Å². The van der Waals surface area contributed by atoms with E-state index in [1.54, 1.807) is 0 Å². The van der Waals surface area contributed by atoms with Crippen molar-refractivity contribution in [1.29, 1.82) is 5.41 Å². The van der Waals surface area contributed by atoms with Gasteiger partial charge in [-0.05, 0) is 38.0 Å². The van der Waals surface area contributed by atoms with E-state index in [1.807, 2.05) is 7.05 Å². The number of anilines is 1. The second-order valence-electron chi connectivity index (χ2n) is 6.80. The van der Waals surface area contributed by atoms with Crippen molar-refractivity contribution in [3.05, 3.63) is 23.4 Å². The molecule has 0 saturated heterocycles. The largest absolute Gasteiger partial charge is 0.391 e. The van der Waals surface area contributed by atoms with Crippen molar-refractivity contribution in [3.8, 4) is 0 Å². The summed E-state index contributed by atoms with van der Waals surface area (Å²) in [5, 5.41) is 14.2. The average molecular weight is 331 g/mol. The standard InChI is InChI=1S/C18H26FN5/c1-21-16(9-12-7-8-12)14(10-20)17-15(19)11-22-18(24-17)23-13-5-3-2-4-6-13/h10-13,20-21H,2-9H2,1H3,(H,22,23,24)/b16-14+,20-10?. The van der Waals surface area contributed by atoms with Gasteiger partial charge >= 0.3 is 0 Å². The van der Waals surface area contributed by atoms with Crippen LogP contribution in [0.25, 0.3) is 5.57 Å². The molecule has 0 spiro atoms. The number of hydrogen-bond donors (Lipinski definition) is 3. The number of allylic oxidation sites excluding steroid dienone is 2. The van der Waals surface area contributed by atoms with Crippen LogP contribution in [0.2, 0.25) is 0 Å². The maximum absolute atomic E-state index is 14.3. The van der Waals surface area contributed by atoms with Crippen LogP contribution in [0.3, 0.4) is 0 Å². The van der Waals surface area contributed by atoms with E-state index in [0.29, 0.717) is 23.5 Å². The highest BCUT2D eigenvalue weighted by Gasteiger charge is 2.25. The Morgan fingerprint density at radius 3 is 2.67 bits per heavy atom. The van der Waals surface area contributed by atoms with E-state index in [0.717, 1.165) is 25.0 Å². The highest BCUT2D eigenvalue weighted by Crippen LogP contribution is 2.36. The Kier molecular flexibility index (Phi) is 5.43. The lowest BCUT2D eigenvalue weighted by atomic mass is 9.96. The van der Waals surface area contributed by atoms with E-state index in [4.69, 9.17) is 5.41 Å². The Labute approximate surface area is 142 Å². The van der Waals surface area contributed by atoms with Crippen molar-refractivity contribution in [2.45, 2.75) is 57.4 Å². The van der Waals surface area contributed by atoms with Crippen molar-refractivity contribution in [2.75, 3.05) is 12.4 Å². The maximum atomic E-state index is 14.3. The van der Waals surface area contributed by atoms with Crippen LogP contribution >= 0.6 is 0 Å². The number of nitrogens with zero attached hydrogens (tertiary/aromatic N) is 2. The third-order valence-corrected chi connectivity index (χ3v) is 4.90. The molecule has 3 rings (SSSR count). The molecule has 0 bridgehead atoms. The third kappa shape index (κ3) is 4.10. The third-order valence-electron chi connectivity index (χ3n) is 4.90. The molecule has 1 aromatic rings. The monoisotopic (exact) mass is 331 g/mol. The van der Waals surface area contributed by atoms with Gasteiger partial charge in [-0.1, -0.05) is 19.3 Å². The fraction of sp³-hybridized carbons (Fsp3) is 0.611. The van der Waals surface area contributed by atoms with Crippen LogP contribution in [0.5, 0.6) is 0 Å². The average Bonchev–Trinajstić information content (AvgIpc) is 3.42. The van der Waals surface area contributed by atoms with E-state index in [-0.39, 0.29) is 5.69 Å². The molecule has 0 amide bonds. The van der Waals surface area contributed by atoms with Gasteiger partial charge in [-0.3, -0.25) is 0 Å². The Balaban J connectivity index is 1.85. The summed E-state index contributed by atoms with van der Waals surface area (Å²) in [5.41, 5.74) is 1.62. The Morgan fingerprint density at radius 2 is 2.04 bits per heavy atom. The van der Waals surface area contributed by atoms with Crippen LogP contribution in [0.4, 0.5) is 10.3 Å². The van der Waals surface area contributed by atoms with Crippen LogP contribution in [0.1, 0.15) is 57.1 Å². The molecule has 2 fully saturated rings. The number of aromatic nitrogens is 2. The normalized spacial score (nSPS) is 19.6. The SMILES string of the molecule is CN/C(CC1CC1)=C(\C=N)c1nc(NC2CCCCC2)ncc1F. The molecule has 0 aromatic carbocycles. The zero-order valence-corrected chi connectivity index (χ0v) is 14.2. The van der Waals surface area contributed by atoms with Gasteiger partial charge in [0.1, 0.15) is 5.69 Å². The molecule has 2 aliphatic rings. The first-order valence-corrected chi connectivity index (χ1v) is 8.92. The summed E-state index contributed by atoms with van der Waals surface area (Å²) < 4.78 is 14.3. The van der Waals surface area contributed by atoms with Gasteiger partial charge < -0.3 is 16.0 Å². The summed E-state index contributed by atoms with van der Waals surface area (Å²) >= 11 is 0. The van der Waals surface area contributed by atoms with Gasteiger partial charge in [0, 0.05) is 30.6 Å². The van der Waals surface area contributed by atoms with E-state index < -0.39 is 5.82 Å². The summed E-state index contributed by atoms with van der Waals surface area (Å²) in [6.45, 7) is 0. The molecule has 5 nitrogen and oxygen atoms in total. The highest BCUT2D eigenvalue weighted by atomic mass is 19.1. The quantitative estimate of drug-likeness (QED) is 0.665. The summed E-state index contributed by atoms with van der Waals surface area (Å²) in [5.74, 6) is 0.623. The van der Waals surface area contributed by atoms with Gasteiger partial charge in [-0.25, -0.2) is 14.4 Å². The molecular formula is C18H26FN5. The summed E-state index contributed by atoms with van der Waals surface area (Å²) in [6, 6.07) is 0.361. The zero-order chi connectivity index (χ0) is 16.9. The molecule has 24 heavy (non-hydrogen) atoms. The van der Waals surface area contributed by atoms with Crippen LogP contribution < -0.4 is 10.6 Å². The number of rotatable bonds is 7. The summed E-state index contributed by atoms with van der Waals surface area (Å²) in [4.78, 5) is 8.48. The van der Waals surface area contributed by atoms with Crippen LogP contribution in [-0.2, 0) is 0 Å². The summed E-state index contributed by atoms with van der Waals surface area (Å²) in [7, 11) is 1.82. The molecule has 2 saturated carbocycles. The lowest BCUT2D eigenvalue weighted by Crippen LogP contribution is -2.24. The molecule has 0 radical (unpaired) electrons. The lowest BCUT2D eigenvalue weighted by Gasteiger charge is -2.23. The van der Waals surface area contributed by atoms with E-state index in [2.05, 4.69) is 20.6 Å². The topological polar surface area (TPSA) is 73.7 Å². The predicted molar refractivity (Wildman–Crippen MR) is 94.6 cm³/mol. The maximum Gasteiger partial charge on any atom is 0.223 e. The van der Waals surface area contributed by atoms with E-state index in [1.165, 1.54) is 44.5 Å². The Morgan fingerprint density at radius 1 is 1.29 bits per heavy atom. The van der Waals surface area contributed by atoms with Crippen molar-refractivity contribution >= 4 is 17.7 Å². The molecule has 0 atom stereocenters. The smallest absolute Gasteiger partial charge is 0.223 e. The van der Waals surface area contributed by atoms with E-state index >= 15 is 0 Å². The van der Waals surface area contributed by atoms with Crippen LogP contribution in [0, 0.1) is 17.1 Å². The molecule has 1 aromatic heterocycles. The van der Waals surface area contributed by atoms with Gasteiger partial charge in [0.2, 0.25) is 5.95 Å². The minimum Gasteiger partial charge on any atom is -0.391 e. The Hall–Kier alpha value is -1.98. The van der Waals surface area contributed by atoms with Gasteiger partial charge in [-0.2, -0.15) is 0 Å². The molecule has 0 aliphatic heterocycles. The molecular weight excluding hydrogens is 305 g/mol. The second-order valence-corrected chi connectivity index (χ2v) is 6.80. The fourth-order valence-corrected chi connectivity index (χ4v) is 3.31. The molecule has 2 aliphatic carbocycles. The first-order chi connectivity index (χ1) is 11.7. The molecule has 1 heterocycles. The molecule has 130 valence electrons. The number of nitrogens with one attached hydrogen (secondary N) is 3. The zero-order valence-electron chi connectivity index (χ0n) is 14.2. The number of halogens is 1. The Bertz CT molecular complexity index is 618. The van der Waals surface area contributed by atoms with Crippen molar-refractivity contribution in [2.24, 2.45) is 5.92 Å². The van der Waals surface area contributed by atoms with Crippen molar-refractivity contribution < 1.29 is 4.39 Å². The van der Waals surface area contributed by atoms with Gasteiger partial charge in [0.15, 0.2) is 5.82 Å². The molecule has 6 heteroatoms. The summed E-state index contributed by atoms with van der Waals surface area (Å²) in [6.07, 6.45) is 11.6. The molecule has 3 N–H and O–H groups in total. The van der Waals surface area contributed by atoms with Gasteiger partial charge in [0.05, 0.1) is 6.20 Å². The van der Waals surface area contributed by atoms with Crippen molar-refractivity contribution in [1.82, 2.24) is 15.3 Å². The first kappa shape index (κ1) is 16.9. The highest BCUT2D eigenvalue weighted by molar-refractivity contribution is 6.08. The number of hydrogen-bond acceptors (Lipinski definition) is 5. The van der Waals surface area contributed by atoms with Crippen molar-refractivity contribution in [3.63, 3.8) is 0 Å². The van der Waals surface area contributed by atoms with Gasteiger partial charge in [0.25, 0.3) is 0 Å². The first-order valence-electron chi connectivity index (χ1n) is 8.92. The van der Waals surface area contributed by atoms with Crippen LogP contribution in [-0.4, -0.2) is 29.3 Å². The second kappa shape index (κ2) is 7.73.